The van der Waals surface area contributed by atoms with Crippen LogP contribution >= 0.6 is 7.82 Å². The first-order chi connectivity index (χ1) is 49.0. The SMILES string of the molecule is CC/C=C\C/C=C\C/C=C\C/C=C\C/C=C\C/C=C\C/C=C\CCCCCCCCCCCCCCCCCC(=O)OC(COC(=O)CCCCCCCCCCCCCCCCCCCCCCCCCCCCC/C=C\CCCCCCCCCC)COP(=O)(O)OCC[N+](C)(C)C. The number of quaternary nitrogens is 1. The van der Waals surface area contributed by atoms with Crippen molar-refractivity contribution in [1.29, 1.82) is 0 Å². The minimum absolute atomic E-state index is 0.0313. The van der Waals surface area contributed by atoms with Crippen LogP contribution in [0, 0.1) is 0 Å². The lowest BCUT2D eigenvalue weighted by Gasteiger charge is -2.24. The van der Waals surface area contributed by atoms with Gasteiger partial charge in [0.2, 0.25) is 0 Å². The van der Waals surface area contributed by atoms with E-state index in [1.165, 1.54) is 295 Å². The van der Waals surface area contributed by atoms with E-state index in [4.69, 9.17) is 18.5 Å². The largest absolute Gasteiger partial charge is 0.472 e. The number of carbonyl (C=O) groups excluding carboxylic acids is 2. The van der Waals surface area contributed by atoms with E-state index in [0.29, 0.717) is 23.9 Å². The molecule has 2 unspecified atom stereocenters. The van der Waals surface area contributed by atoms with Gasteiger partial charge < -0.3 is 18.9 Å². The molecule has 0 saturated heterocycles. The van der Waals surface area contributed by atoms with E-state index in [-0.39, 0.29) is 25.6 Å². The van der Waals surface area contributed by atoms with E-state index in [9.17, 15) is 19.0 Å². The molecule has 0 rings (SSSR count). The lowest BCUT2D eigenvalue weighted by atomic mass is 10.0. The number of esters is 2. The van der Waals surface area contributed by atoms with Crippen LogP contribution in [0.4, 0.5) is 0 Å². The van der Waals surface area contributed by atoms with Crippen LogP contribution in [0.15, 0.2) is 97.2 Å². The molecule has 0 radical (unpaired) electrons. The molecule has 0 fully saturated rings. The molecule has 0 amide bonds. The maximum absolute atomic E-state index is 12.9. The summed E-state index contributed by atoms with van der Waals surface area (Å²) in [5, 5.41) is 0. The number of unbranched alkanes of at least 4 members (excludes halogenated alkanes) is 50. The number of phosphoric ester groups is 1. The third-order valence-corrected chi connectivity index (χ3v) is 20.1. The van der Waals surface area contributed by atoms with Crippen molar-refractivity contribution in [3.63, 3.8) is 0 Å². The molecule has 0 aliphatic carbocycles. The van der Waals surface area contributed by atoms with Crippen LogP contribution in [0.3, 0.4) is 0 Å². The second-order valence-corrected chi connectivity index (χ2v) is 31.6. The van der Waals surface area contributed by atoms with E-state index in [2.05, 4.69) is 111 Å². The van der Waals surface area contributed by atoms with Crippen LogP contribution in [0.2, 0.25) is 0 Å². The van der Waals surface area contributed by atoms with Gasteiger partial charge in [-0.3, -0.25) is 18.6 Å². The Bertz CT molecular complexity index is 2010. The smallest absolute Gasteiger partial charge is 0.462 e. The van der Waals surface area contributed by atoms with Gasteiger partial charge in [0.25, 0.3) is 0 Å². The molecule has 0 heterocycles. The Morgan fingerprint density at radius 1 is 0.320 bits per heavy atom. The van der Waals surface area contributed by atoms with Gasteiger partial charge in [-0.05, 0) is 96.3 Å². The maximum Gasteiger partial charge on any atom is 0.472 e. The van der Waals surface area contributed by atoms with Gasteiger partial charge in [-0.15, -0.1) is 0 Å². The highest BCUT2D eigenvalue weighted by molar-refractivity contribution is 7.47. The standard InChI is InChI=1S/C90H164NO8P/c1-6-8-10-12-14-16-18-20-22-24-26-28-30-32-34-36-38-40-42-44-45-47-48-50-52-54-56-58-60-62-64-66-68-70-72-74-76-78-80-82-89(92)96-86-88(87-98-100(94,95)97-85-84-91(3,4)5)99-90(93)83-81-79-77-75-73-71-69-67-65-63-61-59-57-55-53-51-49-46-43-41-39-37-35-33-31-29-27-25-23-21-19-17-15-13-11-9-7-2/h9,11,15,17,21,23-24,26-27,29,33,35,39,41,46,49,88H,6-8,10,12-14,16,18-20,22,25,28,30-32,34,36-38,40,42-45,47-48,50-87H2,1-5H3/p+1/b11-9-,17-15-,23-21-,26-24-,29-27-,35-33-,41-39-,49-46-. The van der Waals surface area contributed by atoms with Crippen molar-refractivity contribution in [2.24, 2.45) is 0 Å². The molecule has 0 aromatic heterocycles. The molecule has 0 aliphatic heterocycles. The van der Waals surface area contributed by atoms with Crippen molar-refractivity contribution in [3.8, 4) is 0 Å². The Balaban J connectivity index is 3.91. The van der Waals surface area contributed by atoms with Crippen molar-refractivity contribution in [1.82, 2.24) is 0 Å². The molecule has 10 heteroatoms. The van der Waals surface area contributed by atoms with E-state index < -0.39 is 26.5 Å². The zero-order chi connectivity index (χ0) is 72.5. The molecule has 100 heavy (non-hydrogen) atoms. The van der Waals surface area contributed by atoms with Gasteiger partial charge in [0.15, 0.2) is 6.10 Å². The Morgan fingerprint density at radius 3 is 0.860 bits per heavy atom. The number of nitrogens with zero attached hydrogens (tertiary/aromatic N) is 1. The second kappa shape index (κ2) is 80.0. The summed E-state index contributed by atoms with van der Waals surface area (Å²) in [6.45, 7) is 4.38. The molecule has 9 nitrogen and oxygen atoms in total. The molecule has 0 spiro atoms. The summed E-state index contributed by atoms with van der Waals surface area (Å²) >= 11 is 0. The molecule has 0 bridgehead atoms. The van der Waals surface area contributed by atoms with Crippen molar-refractivity contribution < 1.29 is 42.1 Å². The molecule has 582 valence electrons. The molecule has 0 saturated carbocycles. The predicted molar refractivity (Wildman–Crippen MR) is 436 cm³/mol. The minimum Gasteiger partial charge on any atom is -0.462 e. The number of rotatable bonds is 80. The van der Waals surface area contributed by atoms with Gasteiger partial charge in [-0.2, -0.15) is 0 Å². The van der Waals surface area contributed by atoms with E-state index in [1.54, 1.807) is 0 Å². The fourth-order valence-corrected chi connectivity index (χ4v) is 13.3. The maximum atomic E-state index is 12.9. The molecule has 1 N–H and O–H groups in total. The minimum atomic E-state index is -4.40. The molecule has 0 aromatic rings. The Hall–Kier alpha value is -3.07. The van der Waals surface area contributed by atoms with Crippen LogP contribution in [0.1, 0.15) is 412 Å². The summed E-state index contributed by atoms with van der Waals surface area (Å²) in [6.07, 6.45) is 113. The van der Waals surface area contributed by atoms with Crippen LogP contribution in [-0.4, -0.2) is 74.9 Å². The molecular weight excluding hydrogens is 1250 g/mol. The van der Waals surface area contributed by atoms with Gasteiger partial charge >= 0.3 is 19.8 Å². The van der Waals surface area contributed by atoms with Gasteiger partial charge in [-0.25, -0.2) is 4.57 Å². The fourth-order valence-electron chi connectivity index (χ4n) is 12.6. The van der Waals surface area contributed by atoms with Crippen LogP contribution in [-0.2, 0) is 32.7 Å². The van der Waals surface area contributed by atoms with Crippen LogP contribution in [0.5, 0.6) is 0 Å². The van der Waals surface area contributed by atoms with E-state index in [0.717, 1.165) is 83.5 Å². The topological polar surface area (TPSA) is 108 Å². The lowest BCUT2D eigenvalue weighted by Crippen LogP contribution is -2.37. The fraction of sp³-hybridized carbons (Fsp3) is 0.800. The third-order valence-electron chi connectivity index (χ3n) is 19.1. The van der Waals surface area contributed by atoms with Crippen LogP contribution < -0.4 is 0 Å². The highest BCUT2D eigenvalue weighted by Gasteiger charge is 2.27. The predicted octanol–water partition coefficient (Wildman–Crippen LogP) is 29.0. The summed E-state index contributed by atoms with van der Waals surface area (Å²) in [4.78, 5) is 36.0. The second-order valence-electron chi connectivity index (χ2n) is 30.2. The average Bonchev–Trinajstić information content (AvgIpc) is 1.02. The molecule has 0 aromatic carbocycles. The van der Waals surface area contributed by atoms with E-state index >= 15 is 0 Å². The first kappa shape index (κ1) is 96.9. The zero-order valence-corrected chi connectivity index (χ0v) is 67.6. The van der Waals surface area contributed by atoms with Gasteiger partial charge in [0, 0.05) is 12.8 Å². The molecule has 0 aliphatic rings. The number of phosphoric acid groups is 1. The number of hydrogen-bond acceptors (Lipinski definition) is 7. The Kier molecular flexibility index (Phi) is 77.6. The number of likely N-dealkylation sites (N-methyl/N-ethyl adjacent to an activating group) is 1. The highest BCUT2D eigenvalue weighted by Crippen LogP contribution is 2.43. The van der Waals surface area contributed by atoms with E-state index in [1.807, 2.05) is 21.1 Å². The lowest BCUT2D eigenvalue weighted by molar-refractivity contribution is -0.870. The summed E-state index contributed by atoms with van der Waals surface area (Å²) < 4.78 is 34.9. The summed E-state index contributed by atoms with van der Waals surface area (Å²) in [6, 6.07) is 0. The number of carbonyl (C=O) groups is 2. The number of ether oxygens (including phenoxy) is 2. The van der Waals surface area contributed by atoms with Crippen molar-refractivity contribution in [2.75, 3.05) is 47.5 Å². The number of hydrogen-bond donors (Lipinski definition) is 1. The normalized spacial score (nSPS) is 13.5. The monoisotopic (exact) mass is 1420 g/mol. The van der Waals surface area contributed by atoms with Crippen molar-refractivity contribution in [3.05, 3.63) is 97.2 Å². The van der Waals surface area contributed by atoms with Crippen molar-refractivity contribution >= 4 is 19.8 Å². The highest BCUT2D eigenvalue weighted by atomic mass is 31.2. The first-order valence-corrected chi connectivity index (χ1v) is 44.5. The molecule has 2 atom stereocenters. The Labute approximate surface area is 621 Å². The zero-order valence-electron chi connectivity index (χ0n) is 66.7. The quantitative estimate of drug-likeness (QED) is 0.0211. The van der Waals surface area contributed by atoms with Gasteiger partial charge in [-0.1, -0.05) is 400 Å². The van der Waals surface area contributed by atoms with Crippen LogP contribution in [0.25, 0.3) is 0 Å². The average molecular weight is 1420 g/mol. The Morgan fingerprint density at radius 2 is 0.570 bits per heavy atom. The summed E-state index contributed by atoms with van der Waals surface area (Å²) in [5.41, 5.74) is 0. The summed E-state index contributed by atoms with van der Waals surface area (Å²) in [5.74, 6) is -0.780. The number of allylic oxidation sites excluding steroid dienone is 16. The third kappa shape index (κ3) is 83.9. The van der Waals surface area contributed by atoms with Crippen molar-refractivity contribution in [2.45, 2.75) is 418 Å². The van der Waals surface area contributed by atoms with Gasteiger partial charge in [0.05, 0.1) is 27.7 Å². The first-order valence-electron chi connectivity index (χ1n) is 43.0. The molecular formula is C90H165NO8P+. The van der Waals surface area contributed by atoms with Gasteiger partial charge in [0.1, 0.15) is 19.8 Å². The summed E-state index contributed by atoms with van der Waals surface area (Å²) in [7, 11) is 1.49.